The van der Waals surface area contributed by atoms with Crippen molar-refractivity contribution in [3.05, 3.63) is 65.2 Å². The van der Waals surface area contributed by atoms with Crippen LogP contribution in [0, 0.1) is 0 Å². The van der Waals surface area contributed by atoms with Crippen molar-refractivity contribution in [2.45, 2.75) is 19.3 Å². The first-order chi connectivity index (χ1) is 11.0. The minimum atomic E-state index is -0.962. The molecule has 0 heterocycles. The Labute approximate surface area is 133 Å². The van der Waals surface area contributed by atoms with Gasteiger partial charge in [-0.15, -0.1) is 0 Å². The van der Waals surface area contributed by atoms with Crippen LogP contribution in [0.1, 0.15) is 34.3 Å². The zero-order chi connectivity index (χ0) is 16.4. The highest BCUT2D eigenvalue weighted by atomic mass is 16.4. The fraction of sp³-hybridized carbons (Fsp3) is 0.158. The van der Waals surface area contributed by atoms with Gasteiger partial charge in [0, 0.05) is 6.08 Å². The fourth-order valence-electron chi connectivity index (χ4n) is 3.01. The molecule has 2 aromatic carbocycles. The number of aromatic carboxylic acids is 1. The molecule has 0 fully saturated rings. The highest BCUT2D eigenvalue weighted by Gasteiger charge is 2.16. The lowest BCUT2D eigenvalue weighted by Crippen LogP contribution is -2.04. The van der Waals surface area contributed by atoms with Crippen molar-refractivity contribution in [1.82, 2.24) is 0 Å². The van der Waals surface area contributed by atoms with Crippen LogP contribution in [0.3, 0.4) is 0 Å². The second kappa shape index (κ2) is 6.08. The van der Waals surface area contributed by atoms with Crippen molar-refractivity contribution in [2.24, 2.45) is 0 Å². The molecule has 0 radical (unpaired) electrons. The number of carbonyl (C=O) groups is 2. The van der Waals surface area contributed by atoms with Crippen molar-refractivity contribution < 1.29 is 19.8 Å². The van der Waals surface area contributed by atoms with Gasteiger partial charge in [0.15, 0.2) is 0 Å². The van der Waals surface area contributed by atoms with Gasteiger partial charge in [-0.3, -0.25) is 0 Å². The quantitative estimate of drug-likeness (QED) is 0.844. The van der Waals surface area contributed by atoms with E-state index in [2.05, 4.69) is 0 Å². The summed E-state index contributed by atoms with van der Waals surface area (Å²) >= 11 is 0. The first-order valence-electron chi connectivity index (χ1n) is 7.45. The molecule has 3 rings (SSSR count). The van der Waals surface area contributed by atoms with Crippen LogP contribution in [0.2, 0.25) is 0 Å². The lowest BCUT2D eigenvalue weighted by Gasteiger charge is -2.20. The van der Waals surface area contributed by atoms with Gasteiger partial charge in [0.2, 0.25) is 0 Å². The van der Waals surface area contributed by atoms with Crippen LogP contribution >= 0.6 is 0 Å². The van der Waals surface area contributed by atoms with Crippen LogP contribution in [-0.2, 0) is 11.2 Å². The summed E-state index contributed by atoms with van der Waals surface area (Å²) in [6, 6.07) is 12.7. The maximum absolute atomic E-state index is 11.1. The SMILES string of the molecule is O=C(O)/C=C1\CCCc2ccc(-c3cccc(C(=O)O)c3)cc21. The average molecular weight is 308 g/mol. The Hall–Kier alpha value is -2.88. The predicted octanol–water partition coefficient (Wildman–Crippen LogP) is 3.86. The number of carboxylic acids is 2. The summed E-state index contributed by atoms with van der Waals surface area (Å²) in [4.78, 5) is 22.1. The van der Waals surface area contributed by atoms with Crippen molar-refractivity contribution in [3.63, 3.8) is 0 Å². The molecule has 0 unspecified atom stereocenters. The lowest BCUT2D eigenvalue weighted by molar-refractivity contribution is -0.131. The third kappa shape index (κ3) is 3.16. The number of hydrogen-bond acceptors (Lipinski definition) is 2. The first kappa shape index (κ1) is 15.0. The van der Waals surface area contributed by atoms with E-state index in [1.165, 1.54) is 6.08 Å². The third-order valence-corrected chi connectivity index (χ3v) is 4.09. The summed E-state index contributed by atoms with van der Waals surface area (Å²) in [5.74, 6) is -1.90. The van der Waals surface area contributed by atoms with E-state index in [0.717, 1.165) is 47.1 Å². The molecule has 2 N–H and O–H groups in total. The van der Waals surface area contributed by atoms with E-state index >= 15 is 0 Å². The van der Waals surface area contributed by atoms with Gasteiger partial charge in [-0.05, 0) is 65.3 Å². The van der Waals surface area contributed by atoms with Gasteiger partial charge < -0.3 is 10.2 Å². The summed E-state index contributed by atoms with van der Waals surface area (Å²) < 4.78 is 0. The third-order valence-electron chi connectivity index (χ3n) is 4.09. The van der Waals surface area contributed by atoms with E-state index in [-0.39, 0.29) is 5.56 Å². The Morgan fingerprint density at radius 1 is 0.957 bits per heavy atom. The number of carboxylic acid groups (broad SMARTS) is 2. The maximum atomic E-state index is 11.1. The fourth-order valence-corrected chi connectivity index (χ4v) is 3.01. The van der Waals surface area contributed by atoms with Gasteiger partial charge in [-0.1, -0.05) is 24.3 Å². The van der Waals surface area contributed by atoms with Crippen LogP contribution in [0.4, 0.5) is 0 Å². The zero-order valence-electron chi connectivity index (χ0n) is 12.5. The van der Waals surface area contributed by atoms with Crippen molar-refractivity contribution in [2.75, 3.05) is 0 Å². The molecular weight excluding hydrogens is 292 g/mol. The van der Waals surface area contributed by atoms with Gasteiger partial charge in [0.25, 0.3) is 0 Å². The number of aryl methyl sites for hydroxylation is 1. The minimum absolute atomic E-state index is 0.238. The molecular formula is C19H16O4. The van der Waals surface area contributed by atoms with Crippen molar-refractivity contribution in [1.29, 1.82) is 0 Å². The predicted molar refractivity (Wildman–Crippen MR) is 87.4 cm³/mol. The highest BCUT2D eigenvalue weighted by molar-refractivity contribution is 5.92. The zero-order valence-corrected chi connectivity index (χ0v) is 12.5. The van der Waals surface area contributed by atoms with Crippen LogP contribution < -0.4 is 0 Å². The van der Waals surface area contributed by atoms with Crippen LogP contribution in [0.15, 0.2) is 48.5 Å². The number of rotatable bonds is 3. The van der Waals surface area contributed by atoms with Gasteiger partial charge in [0.05, 0.1) is 5.56 Å². The molecule has 1 aliphatic carbocycles. The van der Waals surface area contributed by atoms with Gasteiger partial charge in [-0.25, -0.2) is 9.59 Å². The molecule has 0 saturated carbocycles. The molecule has 2 aromatic rings. The Balaban J connectivity index is 2.08. The monoisotopic (exact) mass is 308 g/mol. The molecule has 0 amide bonds. The Kier molecular flexibility index (Phi) is 3.98. The smallest absolute Gasteiger partial charge is 0.335 e. The van der Waals surface area contributed by atoms with Crippen molar-refractivity contribution in [3.8, 4) is 11.1 Å². The number of aliphatic carboxylic acids is 1. The summed E-state index contributed by atoms with van der Waals surface area (Å²) in [5.41, 5.74) is 4.87. The molecule has 1 aliphatic rings. The molecule has 4 heteroatoms. The average Bonchev–Trinajstić information content (AvgIpc) is 2.54. The topological polar surface area (TPSA) is 74.6 Å². The summed E-state index contributed by atoms with van der Waals surface area (Å²) in [6.45, 7) is 0. The van der Waals surface area contributed by atoms with E-state index in [1.807, 2.05) is 24.3 Å². The number of benzene rings is 2. The molecule has 0 atom stereocenters. The molecule has 0 aliphatic heterocycles. The van der Waals surface area contributed by atoms with E-state index in [1.54, 1.807) is 18.2 Å². The van der Waals surface area contributed by atoms with E-state index in [9.17, 15) is 9.59 Å². The summed E-state index contributed by atoms with van der Waals surface area (Å²) in [7, 11) is 0. The largest absolute Gasteiger partial charge is 0.478 e. The summed E-state index contributed by atoms with van der Waals surface area (Å²) in [6.07, 6.45) is 3.90. The van der Waals surface area contributed by atoms with Crippen molar-refractivity contribution >= 4 is 17.5 Å². The normalized spacial score (nSPS) is 15.2. The Morgan fingerprint density at radius 2 is 1.74 bits per heavy atom. The van der Waals surface area contributed by atoms with E-state index < -0.39 is 11.9 Å². The molecule has 0 saturated heterocycles. The number of hydrogen-bond donors (Lipinski definition) is 2. The molecule has 0 bridgehead atoms. The van der Waals surface area contributed by atoms with Crippen LogP contribution in [0.5, 0.6) is 0 Å². The second-order valence-electron chi connectivity index (χ2n) is 5.62. The number of fused-ring (bicyclic) bond motifs is 1. The molecule has 116 valence electrons. The lowest BCUT2D eigenvalue weighted by atomic mass is 9.85. The number of allylic oxidation sites excluding steroid dienone is 1. The highest BCUT2D eigenvalue weighted by Crippen LogP contribution is 2.34. The van der Waals surface area contributed by atoms with Gasteiger partial charge in [-0.2, -0.15) is 0 Å². The van der Waals surface area contributed by atoms with E-state index in [4.69, 9.17) is 10.2 Å². The first-order valence-corrected chi connectivity index (χ1v) is 7.45. The van der Waals surface area contributed by atoms with Gasteiger partial charge >= 0.3 is 11.9 Å². The van der Waals surface area contributed by atoms with E-state index in [0.29, 0.717) is 0 Å². The Morgan fingerprint density at radius 3 is 2.48 bits per heavy atom. The minimum Gasteiger partial charge on any atom is -0.478 e. The van der Waals surface area contributed by atoms with Gasteiger partial charge in [0.1, 0.15) is 0 Å². The molecule has 4 nitrogen and oxygen atoms in total. The second-order valence-corrected chi connectivity index (χ2v) is 5.62. The molecule has 23 heavy (non-hydrogen) atoms. The summed E-state index contributed by atoms with van der Waals surface area (Å²) in [5, 5.41) is 18.1. The van der Waals surface area contributed by atoms with Crippen LogP contribution in [-0.4, -0.2) is 22.2 Å². The maximum Gasteiger partial charge on any atom is 0.335 e. The molecule has 0 aromatic heterocycles. The molecule has 0 spiro atoms. The Bertz CT molecular complexity index is 818. The van der Waals surface area contributed by atoms with Crippen LogP contribution in [0.25, 0.3) is 16.7 Å². The standard InChI is InChI=1S/C19H16O4/c20-18(21)11-15-5-1-3-12-7-8-14(10-17(12)15)13-4-2-6-16(9-13)19(22)23/h2,4,6-11H,1,3,5H2,(H,20,21)(H,22,23)/b15-11+.